The molecule has 0 aliphatic heterocycles. The van der Waals surface area contributed by atoms with Crippen LogP contribution >= 0.6 is 15.9 Å². The Kier molecular flexibility index (Phi) is 7.55. The summed E-state index contributed by atoms with van der Waals surface area (Å²) >= 11 is 3.32. The van der Waals surface area contributed by atoms with E-state index < -0.39 is 10.0 Å². The van der Waals surface area contributed by atoms with Gasteiger partial charge in [-0.25, -0.2) is 8.42 Å². The molecule has 0 saturated carbocycles. The molecule has 0 bridgehead atoms. The van der Waals surface area contributed by atoms with E-state index in [-0.39, 0.29) is 18.0 Å². The average molecular weight is 377 g/mol. The topological polar surface area (TPSA) is 58.6 Å². The van der Waals surface area contributed by atoms with Crippen LogP contribution in [0.5, 0.6) is 0 Å². The maximum atomic E-state index is 12.8. The quantitative estimate of drug-likeness (QED) is 0.669. The highest BCUT2D eigenvalue weighted by atomic mass is 79.9. The zero-order valence-electron chi connectivity index (χ0n) is 12.3. The highest BCUT2D eigenvalue weighted by Gasteiger charge is 2.25. The lowest BCUT2D eigenvalue weighted by atomic mass is 10.2. The van der Waals surface area contributed by atoms with Gasteiger partial charge in [0.15, 0.2) is 0 Å². The third-order valence-electron chi connectivity index (χ3n) is 2.87. The first kappa shape index (κ1) is 18.3. The molecule has 0 saturated heterocycles. The third-order valence-corrected chi connectivity index (χ3v) is 5.73. The summed E-state index contributed by atoms with van der Waals surface area (Å²) < 4.78 is 32.4. The lowest BCUT2D eigenvalue weighted by Gasteiger charge is -2.21. The fourth-order valence-corrected chi connectivity index (χ4v) is 4.22. The van der Waals surface area contributed by atoms with E-state index in [4.69, 9.17) is 4.74 Å². The SMILES string of the molecule is C=CCN(CCOC)S(=O)(=O)c1cc(CNC)ccc1Br. The van der Waals surface area contributed by atoms with E-state index in [9.17, 15) is 8.42 Å². The molecule has 1 aromatic carbocycles. The van der Waals surface area contributed by atoms with Gasteiger partial charge >= 0.3 is 0 Å². The summed E-state index contributed by atoms with van der Waals surface area (Å²) in [6.07, 6.45) is 1.57. The van der Waals surface area contributed by atoms with Crippen molar-refractivity contribution in [2.75, 3.05) is 33.9 Å². The number of ether oxygens (including phenoxy) is 1. The Morgan fingerprint density at radius 1 is 1.48 bits per heavy atom. The molecule has 21 heavy (non-hydrogen) atoms. The Morgan fingerprint density at radius 3 is 2.76 bits per heavy atom. The molecule has 0 radical (unpaired) electrons. The van der Waals surface area contributed by atoms with E-state index in [1.54, 1.807) is 25.3 Å². The molecular weight excluding hydrogens is 356 g/mol. The van der Waals surface area contributed by atoms with Gasteiger partial charge < -0.3 is 10.1 Å². The highest BCUT2D eigenvalue weighted by molar-refractivity contribution is 9.10. The number of sulfonamides is 1. The average Bonchev–Trinajstić information content (AvgIpc) is 2.45. The molecule has 0 amide bonds. The number of nitrogens with zero attached hydrogens (tertiary/aromatic N) is 1. The van der Waals surface area contributed by atoms with Crippen LogP contribution in [0.25, 0.3) is 0 Å². The molecule has 0 aromatic heterocycles. The van der Waals surface area contributed by atoms with E-state index in [1.165, 1.54) is 4.31 Å². The second-order valence-corrected chi connectivity index (χ2v) is 7.20. The number of hydrogen-bond acceptors (Lipinski definition) is 4. The number of methoxy groups -OCH3 is 1. The number of benzene rings is 1. The van der Waals surface area contributed by atoms with Crippen LogP contribution in [0.1, 0.15) is 5.56 Å². The van der Waals surface area contributed by atoms with Crippen LogP contribution in [0, 0.1) is 0 Å². The molecule has 118 valence electrons. The highest BCUT2D eigenvalue weighted by Crippen LogP contribution is 2.26. The monoisotopic (exact) mass is 376 g/mol. The Morgan fingerprint density at radius 2 is 2.19 bits per heavy atom. The minimum atomic E-state index is -3.60. The van der Waals surface area contributed by atoms with Gasteiger partial charge in [-0.1, -0.05) is 12.1 Å². The fraction of sp³-hybridized carbons (Fsp3) is 0.429. The van der Waals surface area contributed by atoms with Gasteiger partial charge in [-0.2, -0.15) is 4.31 Å². The minimum absolute atomic E-state index is 0.244. The molecule has 5 nitrogen and oxygen atoms in total. The van der Waals surface area contributed by atoms with Gasteiger partial charge in [0.2, 0.25) is 10.0 Å². The van der Waals surface area contributed by atoms with E-state index in [2.05, 4.69) is 27.8 Å². The van der Waals surface area contributed by atoms with Crippen molar-refractivity contribution in [3.8, 4) is 0 Å². The van der Waals surface area contributed by atoms with Crippen molar-refractivity contribution in [1.29, 1.82) is 0 Å². The van der Waals surface area contributed by atoms with Crippen molar-refractivity contribution < 1.29 is 13.2 Å². The lowest BCUT2D eigenvalue weighted by Crippen LogP contribution is -2.34. The van der Waals surface area contributed by atoms with Gasteiger partial charge in [0, 0.05) is 31.2 Å². The second-order valence-electron chi connectivity index (χ2n) is 4.44. The molecule has 0 spiro atoms. The van der Waals surface area contributed by atoms with Gasteiger partial charge in [0.1, 0.15) is 0 Å². The molecule has 1 aromatic rings. The number of halogens is 1. The summed E-state index contributed by atoms with van der Waals surface area (Å²) in [5.74, 6) is 0. The third kappa shape index (κ3) is 4.89. The molecule has 7 heteroatoms. The van der Waals surface area contributed by atoms with Crippen LogP contribution < -0.4 is 5.32 Å². The standard InChI is InChI=1S/C14H21BrN2O3S/c1-4-7-17(8-9-20-3)21(18,19)14-10-12(11-16-2)5-6-13(14)15/h4-6,10,16H,1,7-9,11H2,2-3H3. The largest absolute Gasteiger partial charge is 0.383 e. The van der Waals surface area contributed by atoms with E-state index in [0.717, 1.165) is 5.56 Å². The number of hydrogen-bond donors (Lipinski definition) is 1. The van der Waals surface area contributed by atoms with Crippen LogP contribution in [0.15, 0.2) is 40.2 Å². The molecular formula is C14H21BrN2O3S. The second kappa shape index (κ2) is 8.65. The van der Waals surface area contributed by atoms with Crippen molar-refractivity contribution in [3.05, 3.63) is 40.9 Å². The van der Waals surface area contributed by atoms with Crippen LogP contribution in [-0.4, -0.2) is 46.6 Å². The van der Waals surface area contributed by atoms with Crippen molar-refractivity contribution in [2.45, 2.75) is 11.4 Å². The van der Waals surface area contributed by atoms with Crippen LogP contribution in [0.4, 0.5) is 0 Å². The van der Waals surface area contributed by atoms with Crippen LogP contribution in [0.3, 0.4) is 0 Å². The summed E-state index contributed by atoms with van der Waals surface area (Å²) in [6, 6.07) is 5.31. The van der Waals surface area contributed by atoms with Crippen molar-refractivity contribution in [1.82, 2.24) is 9.62 Å². The summed E-state index contributed by atoms with van der Waals surface area (Å²) in [5, 5.41) is 3.01. The molecule has 0 aliphatic rings. The normalized spacial score (nSPS) is 11.8. The molecule has 0 fully saturated rings. The smallest absolute Gasteiger partial charge is 0.244 e. The van der Waals surface area contributed by atoms with E-state index in [0.29, 0.717) is 17.6 Å². The van der Waals surface area contributed by atoms with E-state index in [1.807, 2.05) is 13.1 Å². The minimum Gasteiger partial charge on any atom is -0.383 e. The number of rotatable bonds is 9. The predicted molar refractivity (Wildman–Crippen MR) is 87.7 cm³/mol. The fourth-order valence-electron chi connectivity index (χ4n) is 1.85. The first-order chi connectivity index (χ1) is 9.97. The molecule has 0 unspecified atom stereocenters. The molecule has 0 aliphatic carbocycles. The Balaban J connectivity index is 3.19. The van der Waals surface area contributed by atoms with Crippen molar-refractivity contribution in [2.24, 2.45) is 0 Å². The molecule has 1 N–H and O–H groups in total. The summed E-state index contributed by atoms with van der Waals surface area (Å²) in [4.78, 5) is 0.258. The maximum Gasteiger partial charge on any atom is 0.244 e. The van der Waals surface area contributed by atoms with Crippen LogP contribution in [0.2, 0.25) is 0 Å². The summed E-state index contributed by atoms with van der Waals surface area (Å²) in [7, 11) is -0.237. The Bertz CT molecular complexity index is 576. The Labute approximate surface area is 135 Å². The van der Waals surface area contributed by atoms with E-state index >= 15 is 0 Å². The first-order valence-corrected chi connectivity index (χ1v) is 8.73. The maximum absolute atomic E-state index is 12.8. The zero-order valence-corrected chi connectivity index (χ0v) is 14.7. The van der Waals surface area contributed by atoms with Gasteiger partial charge in [0.25, 0.3) is 0 Å². The van der Waals surface area contributed by atoms with Crippen molar-refractivity contribution >= 4 is 26.0 Å². The number of nitrogens with one attached hydrogen (secondary N) is 1. The Hall–Kier alpha value is -0.730. The molecule has 0 atom stereocenters. The summed E-state index contributed by atoms with van der Waals surface area (Å²) in [6.45, 7) is 5.09. The predicted octanol–water partition coefficient (Wildman–Crippen LogP) is 1.99. The van der Waals surface area contributed by atoms with Crippen molar-refractivity contribution in [3.63, 3.8) is 0 Å². The summed E-state index contributed by atoms with van der Waals surface area (Å²) in [5.41, 5.74) is 0.907. The molecule has 0 heterocycles. The zero-order chi connectivity index (χ0) is 15.9. The van der Waals surface area contributed by atoms with Gasteiger partial charge in [-0.15, -0.1) is 6.58 Å². The molecule has 1 rings (SSSR count). The first-order valence-electron chi connectivity index (χ1n) is 6.50. The van der Waals surface area contributed by atoms with Gasteiger partial charge in [-0.05, 0) is 40.7 Å². The van der Waals surface area contributed by atoms with Gasteiger partial charge in [-0.3, -0.25) is 0 Å². The van der Waals surface area contributed by atoms with Gasteiger partial charge in [0.05, 0.1) is 11.5 Å². The van der Waals surface area contributed by atoms with Crippen LogP contribution in [-0.2, 0) is 21.3 Å². The lowest BCUT2D eigenvalue weighted by molar-refractivity contribution is 0.182.